The average Bonchev–Trinajstić information content (AvgIpc) is 3.62. The van der Waals surface area contributed by atoms with Crippen LogP contribution in [0, 0.1) is 0 Å². The minimum atomic E-state index is -4.96. The van der Waals surface area contributed by atoms with Crippen LogP contribution in [0.25, 0.3) is 22.3 Å². The van der Waals surface area contributed by atoms with Gasteiger partial charge in [0.15, 0.2) is 11.5 Å². The molecule has 4 aromatic heterocycles. The van der Waals surface area contributed by atoms with Gasteiger partial charge in [0, 0.05) is 23.5 Å². The third-order valence-corrected chi connectivity index (χ3v) is 7.25. The molecule has 5 aromatic rings. The number of carbonyl (C=O) groups excluding carboxylic acids is 2. The zero-order valence-corrected chi connectivity index (χ0v) is 24.8. The number of rotatable bonds is 5. The number of pyridine rings is 2. The van der Waals surface area contributed by atoms with Crippen LogP contribution in [0.5, 0.6) is 0 Å². The number of halogens is 4. The van der Waals surface area contributed by atoms with E-state index in [9.17, 15) is 22.8 Å². The molecule has 1 aliphatic rings. The Morgan fingerprint density at radius 1 is 1.00 bits per heavy atom. The Labute approximate surface area is 258 Å². The molecule has 12 nitrogen and oxygen atoms in total. The van der Waals surface area contributed by atoms with Gasteiger partial charge in [-0.2, -0.15) is 28.5 Å². The van der Waals surface area contributed by atoms with Crippen LogP contribution in [0.15, 0.2) is 61.3 Å². The predicted octanol–water partition coefficient (Wildman–Crippen LogP) is 6.00. The summed E-state index contributed by atoms with van der Waals surface area (Å²) >= 11 is 6.25. The van der Waals surface area contributed by atoms with Gasteiger partial charge in [-0.15, -0.1) is 4.80 Å². The molecule has 0 bridgehead atoms. The molecule has 1 saturated heterocycles. The molecule has 1 atom stereocenters. The van der Waals surface area contributed by atoms with Crippen molar-refractivity contribution in [2.75, 3.05) is 11.9 Å². The summed E-state index contributed by atoms with van der Waals surface area (Å²) < 4.78 is 50.0. The lowest BCUT2D eigenvalue weighted by molar-refractivity contribution is -0.143. The lowest BCUT2D eigenvalue weighted by atomic mass is 9.95. The van der Waals surface area contributed by atoms with Crippen molar-refractivity contribution < 1.29 is 27.5 Å². The topological polar surface area (TPSA) is 133 Å². The maximum atomic E-state index is 14.6. The number of nitrogens with one attached hydrogen (secondary N) is 1. The van der Waals surface area contributed by atoms with Gasteiger partial charge in [-0.3, -0.25) is 14.7 Å². The number of aromatic nitrogens is 7. The van der Waals surface area contributed by atoms with Gasteiger partial charge in [-0.05, 0) is 45.4 Å². The highest BCUT2D eigenvalue weighted by molar-refractivity contribution is 6.32. The number of fused-ring (bicyclic) bond motifs is 1. The number of hydrogen-bond donors (Lipinski definition) is 1. The van der Waals surface area contributed by atoms with Gasteiger partial charge in [-0.25, -0.2) is 14.5 Å². The van der Waals surface area contributed by atoms with Crippen molar-refractivity contribution in [3.05, 3.63) is 83.3 Å². The fourth-order valence-electron chi connectivity index (χ4n) is 5.01. The summed E-state index contributed by atoms with van der Waals surface area (Å²) in [7, 11) is 0. The number of carbonyl (C=O) groups is 2. The van der Waals surface area contributed by atoms with E-state index in [1.807, 2.05) is 0 Å². The van der Waals surface area contributed by atoms with Crippen LogP contribution >= 0.6 is 11.6 Å². The summed E-state index contributed by atoms with van der Waals surface area (Å²) in [4.78, 5) is 37.2. The molecular formula is C29H25ClF3N9O3. The Morgan fingerprint density at radius 3 is 2.40 bits per heavy atom. The summed E-state index contributed by atoms with van der Waals surface area (Å²) in [5.41, 5.74) is -2.04. The van der Waals surface area contributed by atoms with E-state index < -0.39 is 41.1 Å². The Bertz CT molecular complexity index is 1920. The van der Waals surface area contributed by atoms with Gasteiger partial charge in [0.2, 0.25) is 0 Å². The molecule has 0 saturated carbocycles. The second-order valence-corrected chi connectivity index (χ2v) is 11.6. The summed E-state index contributed by atoms with van der Waals surface area (Å²) in [6.45, 7) is 5.75. The second kappa shape index (κ2) is 11.1. The Morgan fingerprint density at radius 2 is 1.76 bits per heavy atom. The van der Waals surface area contributed by atoms with E-state index in [0.717, 1.165) is 11.0 Å². The van der Waals surface area contributed by atoms with Crippen LogP contribution in [-0.4, -0.2) is 63.8 Å². The van der Waals surface area contributed by atoms with Crippen molar-refractivity contribution in [2.24, 2.45) is 0 Å². The van der Waals surface area contributed by atoms with Crippen LogP contribution in [0.3, 0.4) is 0 Å². The summed E-state index contributed by atoms with van der Waals surface area (Å²) in [5, 5.41) is 15.3. The molecule has 232 valence electrons. The molecule has 1 aromatic carbocycles. The number of nitrogens with zero attached hydrogens (tertiary/aromatic N) is 8. The van der Waals surface area contributed by atoms with E-state index in [4.69, 9.17) is 16.3 Å². The van der Waals surface area contributed by atoms with Crippen molar-refractivity contribution in [2.45, 2.75) is 45.0 Å². The first kappa shape index (κ1) is 30.0. The Balaban J connectivity index is 1.34. The Hall–Kier alpha value is -5.05. The first-order valence-electron chi connectivity index (χ1n) is 13.7. The standard InChI is InChI=1S/C29H25ClF3N9O3/c1-28(2,3)45-27(44)40-12-8-22(40)23-18-5-4-6-21(17(18)7-9-34-23)41-24(29(31,32)33)19(15-38-41)26(43)39-16-13-20(30)25(35-14-16)42-36-10-11-37-42/h4-7,9-11,13-15,22H,8,12H2,1-3H3,(H,39,43). The predicted molar refractivity (Wildman–Crippen MR) is 156 cm³/mol. The van der Waals surface area contributed by atoms with Crippen LogP contribution in [0.4, 0.5) is 23.7 Å². The SMILES string of the molecule is CC(C)(C)OC(=O)N1CCC1c1nccc2c(-n3ncc(C(=O)Nc4cnc(-n5nccn5)c(Cl)c4)c3C(F)(F)F)cccc12. The zero-order valence-electron chi connectivity index (χ0n) is 24.1. The van der Waals surface area contributed by atoms with Crippen molar-refractivity contribution >= 4 is 40.1 Å². The minimum Gasteiger partial charge on any atom is -0.444 e. The lowest BCUT2D eigenvalue weighted by Crippen LogP contribution is -2.47. The molecule has 0 spiro atoms. The van der Waals surface area contributed by atoms with Crippen LogP contribution < -0.4 is 5.32 Å². The molecule has 16 heteroatoms. The second-order valence-electron chi connectivity index (χ2n) is 11.2. The minimum absolute atomic E-state index is 0.0534. The molecule has 45 heavy (non-hydrogen) atoms. The molecule has 0 radical (unpaired) electrons. The number of hydrogen-bond acceptors (Lipinski definition) is 8. The number of amides is 2. The van der Waals surface area contributed by atoms with Gasteiger partial charge >= 0.3 is 12.3 Å². The number of benzene rings is 1. The zero-order chi connectivity index (χ0) is 32.1. The molecule has 1 fully saturated rings. The normalized spacial score (nSPS) is 15.2. The monoisotopic (exact) mass is 639 g/mol. The highest BCUT2D eigenvalue weighted by Gasteiger charge is 2.42. The largest absolute Gasteiger partial charge is 0.444 e. The van der Waals surface area contributed by atoms with Crippen LogP contribution in [0.1, 0.15) is 55.0 Å². The maximum Gasteiger partial charge on any atom is 0.434 e. The first-order chi connectivity index (χ1) is 21.3. The van der Waals surface area contributed by atoms with Crippen molar-refractivity contribution in [1.82, 2.24) is 39.6 Å². The van der Waals surface area contributed by atoms with Crippen LogP contribution in [0.2, 0.25) is 5.02 Å². The van der Waals surface area contributed by atoms with Crippen LogP contribution in [-0.2, 0) is 10.9 Å². The molecule has 5 heterocycles. The van der Waals surface area contributed by atoms with Gasteiger partial charge in [-0.1, -0.05) is 23.7 Å². The number of alkyl halides is 3. The molecule has 1 unspecified atom stereocenters. The van der Waals surface area contributed by atoms with Crippen molar-refractivity contribution in [3.8, 4) is 11.5 Å². The van der Waals surface area contributed by atoms with E-state index in [0.29, 0.717) is 34.1 Å². The van der Waals surface area contributed by atoms with Gasteiger partial charge in [0.05, 0.1) is 58.5 Å². The van der Waals surface area contributed by atoms with Gasteiger partial charge in [0.1, 0.15) is 5.60 Å². The van der Waals surface area contributed by atoms with E-state index in [1.165, 1.54) is 41.8 Å². The fourth-order valence-corrected chi connectivity index (χ4v) is 5.26. The number of ether oxygens (including phenoxy) is 1. The molecule has 0 aliphatic carbocycles. The van der Waals surface area contributed by atoms with Gasteiger partial charge in [0.25, 0.3) is 5.91 Å². The fraction of sp³-hybridized carbons (Fsp3) is 0.276. The highest BCUT2D eigenvalue weighted by atomic mass is 35.5. The third-order valence-electron chi connectivity index (χ3n) is 6.98. The lowest BCUT2D eigenvalue weighted by Gasteiger charge is -2.41. The average molecular weight is 640 g/mol. The molecule has 2 amide bonds. The first-order valence-corrected chi connectivity index (χ1v) is 14.1. The smallest absolute Gasteiger partial charge is 0.434 e. The molecular weight excluding hydrogens is 615 g/mol. The molecule has 1 aliphatic heterocycles. The number of anilines is 1. The summed E-state index contributed by atoms with van der Waals surface area (Å²) in [6.07, 6.45) is 1.53. The quantitative estimate of drug-likeness (QED) is 0.248. The van der Waals surface area contributed by atoms with E-state index in [-0.39, 0.29) is 22.2 Å². The molecule has 6 rings (SSSR count). The van der Waals surface area contributed by atoms with Gasteiger partial charge < -0.3 is 10.1 Å². The molecule has 1 N–H and O–H groups in total. The summed E-state index contributed by atoms with van der Waals surface area (Å²) in [6, 6.07) is 7.23. The van der Waals surface area contributed by atoms with Crippen molar-refractivity contribution in [1.29, 1.82) is 0 Å². The van der Waals surface area contributed by atoms with E-state index >= 15 is 0 Å². The summed E-state index contributed by atoms with van der Waals surface area (Å²) in [5.74, 6) is -0.897. The number of likely N-dealkylation sites (tertiary alicyclic amines) is 1. The van der Waals surface area contributed by atoms with E-state index in [2.05, 4.69) is 30.6 Å². The van der Waals surface area contributed by atoms with Crippen molar-refractivity contribution in [3.63, 3.8) is 0 Å². The Kier molecular flexibility index (Phi) is 7.43. The van der Waals surface area contributed by atoms with E-state index in [1.54, 1.807) is 39.0 Å². The highest BCUT2D eigenvalue weighted by Crippen LogP contribution is 2.40. The maximum absolute atomic E-state index is 14.6. The third kappa shape index (κ3) is 5.78.